The van der Waals surface area contributed by atoms with E-state index in [0.29, 0.717) is 17.9 Å². The molecule has 0 aliphatic heterocycles. The normalized spacial score (nSPS) is 30.0. The van der Waals surface area contributed by atoms with Gasteiger partial charge in [0.2, 0.25) is 0 Å². The number of hydrogen-bond donors (Lipinski definition) is 1. The lowest BCUT2D eigenvalue weighted by Gasteiger charge is -2.36. The molecule has 1 N–H and O–H groups in total. The molecule has 0 bridgehead atoms. The van der Waals surface area contributed by atoms with E-state index in [1.165, 1.54) is 0 Å². The van der Waals surface area contributed by atoms with Gasteiger partial charge in [-0.2, -0.15) is 0 Å². The predicted molar refractivity (Wildman–Crippen MR) is 60.2 cm³/mol. The van der Waals surface area contributed by atoms with Crippen molar-refractivity contribution in [1.29, 1.82) is 0 Å². The van der Waals surface area contributed by atoms with Crippen molar-refractivity contribution in [2.45, 2.75) is 26.3 Å². The molecule has 0 saturated heterocycles. The lowest BCUT2D eigenvalue weighted by Crippen LogP contribution is -2.33. The second-order valence-corrected chi connectivity index (χ2v) is 4.61. The van der Waals surface area contributed by atoms with Crippen LogP contribution in [0.1, 0.15) is 31.0 Å². The van der Waals surface area contributed by atoms with Gasteiger partial charge in [0, 0.05) is 6.04 Å². The van der Waals surface area contributed by atoms with E-state index in [4.69, 9.17) is 0 Å². The molecule has 0 spiro atoms. The molecule has 0 heterocycles. The molecule has 3 unspecified atom stereocenters. The Morgan fingerprint density at radius 2 is 2.07 bits per heavy atom. The standard InChI is InChI=1S/C13H18FN/c1-8-7-11-10(5-4-6-12(11)14)13(15-3)9(8)2/h4-6,8-9,13,15H,7H2,1-3H3. The van der Waals surface area contributed by atoms with Crippen LogP contribution in [0.3, 0.4) is 0 Å². The highest BCUT2D eigenvalue weighted by Gasteiger charge is 2.31. The van der Waals surface area contributed by atoms with E-state index in [9.17, 15) is 4.39 Å². The molecule has 1 aromatic carbocycles. The molecule has 0 aromatic heterocycles. The SMILES string of the molecule is CNC1c2cccc(F)c2CC(C)C1C. The summed E-state index contributed by atoms with van der Waals surface area (Å²) in [4.78, 5) is 0. The first kappa shape index (κ1) is 10.6. The molecular formula is C13H18FN. The number of hydrogen-bond acceptors (Lipinski definition) is 1. The Morgan fingerprint density at radius 3 is 2.73 bits per heavy atom. The van der Waals surface area contributed by atoms with Crippen molar-refractivity contribution in [1.82, 2.24) is 5.32 Å². The van der Waals surface area contributed by atoms with E-state index in [0.717, 1.165) is 17.5 Å². The maximum atomic E-state index is 13.7. The van der Waals surface area contributed by atoms with Gasteiger partial charge in [0.15, 0.2) is 0 Å². The van der Waals surface area contributed by atoms with Gasteiger partial charge < -0.3 is 5.32 Å². The monoisotopic (exact) mass is 207 g/mol. The molecule has 0 radical (unpaired) electrons. The maximum absolute atomic E-state index is 13.7. The molecule has 3 atom stereocenters. The summed E-state index contributed by atoms with van der Waals surface area (Å²) in [7, 11) is 1.95. The van der Waals surface area contributed by atoms with Gasteiger partial charge >= 0.3 is 0 Å². The van der Waals surface area contributed by atoms with Crippen LogP contribution in [0.25, 0.3) is 0 Å². The average Bonchev–Trinajstić information content (AvgIpc) is 2.22. The lowest BCUT2D eigenvalue weighted by molar-refractivity contribution is 0.270. The van der Waals surface area contributed by atoms with Crippen molar-refractivity contribution >= 4 is 0 Å². The number of benzene rings is 1. The highest BCUT2D eigenvalue weighted by molar-refractivity contribution is 5.34. The molecule has 0 fully saturated rings. The van der Waals surface area contributed by atoms with Crippen LogP contribution in [0.15, 0.2) is 18.2 Å². The quantitative estimate of drug-likeness (QED) is 0.746. The van der Waals surface area contributed by atoms with Gasteiger partial charge in [0.1, 0.15) is 5.82 Å². The van der Waals surface area contributed by atoms with Crippen LogP contribution in [0.4, 0.5) is 4.39 Å². The molecule has 2 heteroatoms. The molecule has 2 rings (SSSR count). The second kappa shape index (κ2) is 3.93. The second-order valence-electron chi connectivity index (χ2n) is 4.61. The van der Waals surface area contributed by atoms with E-state index in [2.05, 4.69) is 19.2 Å². The minimum atomic E-state index is -0.0495. The van der Waals surface area contributed by atoms with Gasteiger partial charge in [0.25, 0.3) is 0 Å². The summed E-state index contributed by atoms with van der Waals surface area (Å²) in [6.45, 7) is 4.43. The third-order valence-corrected chi connectivity index (χ3v) is 3.75. The smallest absolute Gasteiger partial charge is 0.126 e. The Morgan fingerprint density at radius 1 is 1.33 bits per heavy atom. The van der Waals surface area contributed by atoms with Crippen LogP contribution in [0.2, 0.25) is 0 Å². The largest absolute Gasteiger partial charge is 0.313 e. The predicted octanol–water partition coefficient (Wildman–Crippen LogP) is 2.91. The van der Waals surface area contributed by atoms with Crippen LogP contribution in [-0.4, -0.2) is 7.05 Å². The fourth-order valence-corrected chi connectivity index (χ4v) is 2.62. The summed E-state index contributed by atoms with van der Waals surface area (Å²) >= 11 is 0. The van der Waals surface area contributed by atoms with E-state index in [1.807, 2.05) is 13.1 Å². The van der Waals surface area contributed by atoms with Gasteiger partial charge in [-0.1, -0.05) is 26.0 Å². The van der Waals surface area contributed by atoms with Crippen molar-refractivity contribution in [2.24, 2.45) is 11.8 Å². The molecule has 82 valence electrons. The zero-order chi connectivity index (χ0) is 11.0. The van der Waals surface area contributed by atoms with Crippen molar-refractivity contribution in [3.8, 4) is 0 Å². The summed E-state index contributed by atoms with van der Waals surface area (Å²) < 4.78 is 13.7. The summed E-state index contributed by atoms with van der Waals surface area (Å²) in [5.74, 6) is 1.04. The fourth-order valence-electron chi connectivity index (χ4n) is 2.62. The molecule has 1 aromatic rings. The highest BCUT2D eigenvalue weighted by atomic mass is 19.1. The van der Waals surface area contributed by atoms with Crippen LogP contribution < -0.4 is 5.32 Å². The van der Waals surface area contributed by atoms with Crippen molar-refractivity contribution in [3.05, 3.63) is 35.1 Å². The molecular weight excluding hydrogens is 189 g/mol. The molecule has 1 aliphatic rings. The highest BCUT2D eigenvalue weighted by Crippen LogP contribution is 2.38. The summed E-state index contributed by atoms with van der Waals surface area (Å²) in [6, 6.07) is 5.71. The van der Waals surface area contributed by atoms with E-state index < -0.39 is 0 Å². The zero-order valence-electron chi connectivity index (χ0n) is 9.55. The third kappa shape index (κ3) is 1.67. The van der Waals surface area contributed by atoms with Crippen molar-refractivity contribution < 1.29 is 4.39 Å². The van der Waals surface area contributed by atoms with E-state index in [1.54, 1.807) is 12.1 Å². The Balaban J connectivity index is 2.49. The third-order valence-electron chi connectivity index (χ3n) is 3.75. The minimum Gasteiger partial charge on any atom is -0.313 e. The summed E-state index contributed by atoms with van der Waals surface area (Å²) in [6.07, 6.45) is 0.862. The van der Waals surface area contributed by atoms with Crippen LogP contribution in [-0.2, 0) is 6.42 Å². The Hall–Kier alpha value is -0.890. The van der Waals surface area contributed by atoms with Gasteiger partial charge in [-0.05, 0) is 42.5 Å². The van der Waals surface area contributed by atoms with E-state index in [-0.39, 0.29) is 5.82 Å². The number of halogens is 1. The van der Waals surface area contributed by atoms with E-state index >= 15 is 0 Å². The minimum absolute atomic E-state index is 0.0495. The Kier molecular flexibility index (Phi) is 2.79. The average molecular weight is 207 g/mol. The van der Waals surface area contributed by atoms with Crippen molar-refractivity contribution in [2.75, 3.05) is 7.05 Å². The molecule has 0 amide bonds. The fraction of sp³-hybridized carbons (Fsp3) is 0.538. The first-order valence-corrected chi connectivity index (χ1v) is 5.59. The number of rotatable bonds is 1. The van der Waals surface area contributed by atoms with Gasteiger partial charge in [-0.3, -0.25) is 0 Å². The zero-order valence-corrected chi connectivity index (χ0v) is 9.55. The summed E-state index contributed by atoms with van der Waals surface area (Å²) in [5, 5.41) is 3.30. The number of nitrogens with one attached hydrogen (secondary N) is 1. The Bertz CT molecular complexity index is 362. The topological polar surface area (TPSA) is 12.0 Å². The van der Waals surface area contributed by atoms with Crippen LogP contribution in [0.5, 0.6) is 0 Å². The van der Waals surface area contributed by atoms with Crippen LogP contribution in [0, 0.1) is 17.7 Å². The Labute approximate surface area is 90.7 Å². The summed E-state index contributed by atoms with van der Waals surface area (Å²) in [5.41, 5.74) is 2.05. The lowest BCUT2D eigenvalue weighted by atomic mass is 9.74. The van der Waals surface area contributed by atoms with Gasteiger partial charge in [-0.15, -0.1) is 0 Å². The van der Waals surface area contributed by atoms with Gasteiger partial charge in [0.05, 0.1) is 0 Å². The van der Waals surface area contributed by atoms with Crippen LogP contribution >= 0.6 is 0 Å². The first-order valence-electron chi connectivity index (χ1n) is 5.59. The van der Waals surface area contributed by atoms with Gasteiger partial charge in [-0.25, -0.2) is 4.39 Å². The maximum Gasteiger partial charge on any atom is 0.126 e. The first-order chi connectivity index (χ1) is 7.15. The van der Waals surface area contributed by atoms with Crippen molar-refractivity contribution in [3.63, 3.8) is 0 Å². The number of fused-ring (bicyclic) bond motifs is 1. The molecule has 15 heavy (non-hydrogen) atoms. The molecule has 1 aliphatic carbocycles. The molecule has 0 saturated carbocycles. The molecule has 1 nitrogen and oxygen atoms in total.